The third-order valence-electron chi connectivity index (χ3n) is 5.17. The standard InChI is InChI=1S/C19H23N5O3/c1-13-18(25)24(14-4-3-5-15(10-14)27-2)9-8-23(13)19(26)16-12-22-7-6-20-11-17(22)21-16/h3-5,10,12-13,20H,6-9,11H2,1-2H3. The number of ether oxygens (including phenoxy) is 1. The van der Waals surface area contributed by atoms with Gasteiger partial charge in [-0.25, -0.2) is 4.98 Å². The highest BCUT2D eigenvalue weighted by atomic mass is 16.5. The van der Waals surface area contributed by atoms with Crippen LogP contribution in [-0.2, 0) is 17.9 Å². The lowest BCUT2D eigenvalue weighted by molar-refractivity contribution is -0.124. The molecular formula is C19H23N5O3. The quantitative estimate of drug-likeness (QED) is 0.869. The lowest BCUT2D eigenvalue weighted by Gasteiger charge is -2.38. The third kappa shape index (κ3) is 3.16. The van der Waals surface area contributed by atoms with Crippen molar-refractivity contribution < 1.29 is 14.3 Å². The number of rotatable bonds is 3. The van der Waals surface area contributed by atoms with E-state index in [2.05, 4.69) is 10.3 Å². The number of anilines is 1. The Bertz CT molecular complexity index is 854. The van der Waals surface area contributed by atoms with E-state index >= 15 is 0 Å². The van der Waals surface area contributed by atoms with E-state index in [-0.39, 0.29) is 11.8 Å². The fourth-order valence-corrected chi connectivity index (χ4v) is 3.62. The second-order valence-corrected chi connectivity index (χ2v) is 6.78. The molecule has 0 spiro atoms. The van der Waals surface area contributed by atoms with Crippen molar-refractivity contribution >= 4 is 17.5 Å². The van der Waals surface area contributed by atoms with Crippen molar-refractivity contribution in [1.29, 1.82) is 0 Å². The molecule has 1 aromatic carbocycles. The molecule has 3 heterocycles. The number of carbonyl (C=O) groups is 2. The summed E-state index contributed by atoms with van der Waals surface area (Å²) in [6.07, 6.45) is 1.80. The molecule has 8 nitrogen and oxygen atoms in total. The minimum absolute atomic E-state index is 0.103. The number of hydrogen-bond donors (Lipinski definition) is 1. The zero-order valence-electron chi connectivity index (χ0n) is 15.5. The highest BCUT2D eigenvalue weighted by molar-refractivity contribution is 6.02. The van der Waals surface area contributed by atoms with Crippen LogP contribution in [0, 0.1) is 0 Å². The van der Waals surface area contributed by atoms with Crippen LogP contribution in [0.25, 0.3) is 0 Å². The van der Waals surface area contributed by atoms with E-state index in [0.717, 1.165) is 24.6 Å². The molecule has 4 rings (SSSR count). The number of nitrogens with one attached hydrogen (secondary N) is 1. The first-order chi connectivity index (χ1) is 13.1. The summed E-state index contributed by atoms with van der Waals surface area (Å²) in [5.74, 6) is 1.26. The maximum Gasteiger partial charge on any atom is 0.274 e. The van der Waals surface area contributed by atoms with Crippen molar-refractivity contribution in [2.75, 3.05) is 31.6 Å². The molecule has 8 heteroatoms. The first-order valence-corrected chi connectivity index (χ1v) is 9.11. The monoisotopic (exact) mass is 369 g/mol. The average Bonchev–Trinajstić information content (AvgIpc) is 3.14. The molecule has 0 radical (unpaired) electrons. The van der Waals surface area contributed by atoms with E-state index in [1.165, 1.54) is 0 Å². The van der Waals surface area contributed by atoms with Gasteiger partial charge in [-0.2, -0.15) is 0 Å². The van der Waals surface area contributed by atoms with Gasteiger partial charge in [-0.15, -0.1) is 0 Å². The highest BCUT2D eigenvalue weighted by Crippen LogP contribution is 2.25. The van der Waals surface area contributed by atoms with Crippen LogP contribution in [0.2, 0.25) is 0 Å². The lowest BCUT2D eigenvalue weighted by atomic mass is 10.1. The van der Waals surface area contributed by atoms with Crippen molar-refractivity contribution in [3.63, 3.8) is 0 Å². The Morgan fingerprint density at radius 1 is 1.30 bits per heavy atom. The highest BCUT2D eigenvalue weighted by Gasteiger charge is 2.36. The Labute approximate surface area is 157 Å². The van der Waals surface area contributed by atoms with Gasteiger partial charge in [0.05, 0.1) is 13.7 Å². The Morgan fingerprint density at radius 2 is 2.15 bits per heavy atom. The number of methoxy groups -OCH3 is 1. The van der Waals surface area contributed by atoms with E-state index in [1.807, 2.05) is 28.8 Å². The molecule has 2 amide bonds. The van der Waals surface area contributed by atoms with Crippen LogP contribution >= 0.6 is 0 Å². The van der Waals surface area contributed by atoms with Gasteiger partial charge in [0.15, 0.2) is 0 Å². The molecule has 1 unspecified atom stereocenters. The van der Waals surface area contributed by atoms with Crippen LogP contribution < -0.4 is 15.0 Å². The van der Waals surface area contributed by atoms with Crippen LogP contribution in [0.3, 0.4) is 0 Å². The zero-order valence-corrected chi connectivity index (χ0v) is 15.5. The van der Waals surface area contributed by atoms with E-state index in [9.17, 15) is 9.59 Å². The maximum atomic E-state index is 13.0. The second-order valence-electron chi connectivity index (χ2n) is 6.78. The number of amides is 2. The Morgan fingerprint density at radius 3 is 2.93 bits per heavy atom. The summed E-state index contributed by atoms with van der Waals surface area (Å²) < 4.78 is 7.25. The van der Waals surface area contributed by atoms with Crippen LogP contribution in [0.4, 0.5) is 5.69 Å². The largest absolute Gasteiger partial charge is 0.497 e. The Hall–Kier alpha value is -2.87. The van der Waals surface area contributed by atoms with Crippen LogP contribution in [0.1, 0.15) is 23.2 Å². The smallest absolute Gasteiger partial charge is 0.274 e. The number of benzene rings is 1. The van der Waals surface area contributed by atoms with Gasteiger partial charge in [0.2, 0.25) is 5.91 Å². The molecule has 0 bridgehead atoms. The molecule has 2 aliphatic rings. The summed E-state index contributed by atoms with van der Waals surface area (Å²) in [7, 11) is 1.60. The molecule has 2 aliphatic heterocycles. The number of hydrogen-bond acceptors (Lipinski definition) is 5. The number of nitrogens with zero attached hydrogens (tertiary/aromatic N) is 4. The fraction of sp³-hybridized carbons (Fsp3) is 0.421. The topological polar surface area (TPSA) is 79.7 Å². The van der Waals surface area contributed by atoms with E-state index in [0.29, 0.717) is 31.1 Å². The van der Waals surface area contributed by atoms with Crippen molar-refractivity contribution in [2.45, 2.75) is 26.1 Å². The summed E-state index contributed by atoms with van der Waals surface area (Å²) in [4.78, 5) is 33.7. The molecule has 0 aliphatic carbocycles. The molecule has 142 valence electrons. The molecule has 1 aromatic heterocycles. The minimum Gasteiger partial charge on any atom is -0.497 e. The van der Waals surface area contributed by atoms with Gasteiger partial charge in [-0.3, -0.25) is 9.59 Å². The van der Waals surface area contributed by atoms with Crippen molar-refractivity contribution in [3.8, 4) is 5.75 Å². The molecule has 1 fully saturated rings. The van der Waals surface area contributed by atoms with E-state index in [1.54, 1.807) is 30.0 Å². The van der Waals surface area contributed by atoms with Gasteiger partial charge in [-0.1, -0.05) is 6.07 Å². The van der Waals surface area contributed by atoms with E-state index < -0.39 is 6.04 Å². The number of imidazole rings is 1. The molecule has 27 heavy (non-hydrogen) atoms. The maximum absolute atomic E-state index is 13.0. The number of fused-ring (bicyclic) bond motifs is 1. The Kier molecular flexibility index (Phi) is 4.57. The molecule has 0 saturated carbocycles. The Balaban J connectivity index is 1.52. The minimum atomic E-state index is -0.547. The molecule has 1 atom stereocenters. The predicted molar refractivity (Wildman–Crippen MR) is 99.8 cm³/mol. The predicted octanol–water partition coefficient (Wildman–Crippen LogP) is 0.872. The zero-order chi connectivity index (χ0) is 19.0. The van der Waals surface area contributed by atoms with Crippen LogP contribution in [-0.4, -0.2) is 59.1 Å². The van der Waals surface area contributed by atoms with Crippen molar-refractivity contribution in [1.82, 2.24) is 19.8 Å². The SMILES string of the molecule is COc1cccc(N2CCN(C(=O)c3cn4c(n3)CNCC4)C(C)C2=O)c1. The van der Waals surface area contributed by atoms with Gasteiger partial charge in [-0.05, 0) is 19.1 Å². The average molecular weight is 369 g/mol. The molecule has 1 saturated heterocycles. The first-order valence-electron chi connectivity index (χ1n) is 9.11. The first kappa shape index (κ1) is 17.5. The number of piperazine rings is 1. The molecule has 2 aromatic rings. The summed E-state index contributed by atoms with van der Waals surface area (Å²) in [5.41, 5.74) is 1.19. The summed E-state index contributed by atoms with van der Waals surface area (Å²) in [6, 6.07) is 6.86. The third-order valence-corrected chi connectivity index (χ3v) is 5.17. The van der Waals surface area contributed by atoms with Crippen molar-refractivity contribution in [3.05, 3.63) is 42.0 Å². The molecular weight excluding hydrogens is 346 g/mol. The second kappa shape index (κ2) is 7.03. The number of carbonyl (C=O) groups excluding carboxylic acids is 2. The van der Waals surface area contributed by atoms with Crippen LogP contribution in [0.15, 0.2) is 30.5 Å². The lowest BCUT2D eigenvalue weighted by Crippen LogP contribution is -2.57. The van der Waals surface area contributed by atoms with Gasteiger partial charge >= 0.3 is 0 Å². The molecule has 1 N–H and O–H groups in total. The number of aromatic nitrogens is 2. The normalized spacial score (nSPS) is 19.8. The van der Waals surface area contributed by atoms with E-state index in [4.69, 9.17) is 4.74 Å². The fourth-order valence-electron chi connectivity index (χ4n) is 3.62. The van der Waals surface area contributed by atoms with Gasteiger partial charge in [0, 0.05) is 44.1 Å². The summed E-state index contributed by atoms with van der Waals surface area (Å²) in [6.45, 7) is 4.99. The van der Waals surface area contributed by atoms with Gasteiger partial charge < -0.3 is 24.4 Å². The summed E-state index contributed by atoms with van der Waals surface area (Å²) >= 11 is 0. The van der Waals surface area contributed by atoms with Gasteiger partial charge in [0.25, 0.3) is 5.91 Å². The van der Waals surface area contributed by atoms with Crippen LogP contribution in [0.5, 0.6) is 5.75 Å². The van der Waals surface area contributed by atoms with Crippen molar-refractivity contribution in [2.24, 2.45) is 0 Å². The summed E-state index contributed by atoms with van der Waals surface area (Å²) in [5, 5.41) is 3.24. The van der Waals surface area contributed by atoms with Gasteiger partial charge in [0.1, 0.15) is 23.3 Å².